The van der Waals surface area contributed by atoms with Crippen molar-refractivity contribution in [3.8, 4) is 0 Å². The normalized spacial score (nSPS) is 12.3. The molecular weight excluding hydrogens is 334 g/mol. The third-order valence-corrected chi connectivity index (χ3v) is 4.74. The lowest BCUT2D eigenvalue weighted by Crippen LogP contribution is -2.32. The maximum atomic E-state index is 13.4. The first-order valence-corrected chi connectivity index (χ1v) is 8.93. The maximum absolute atomic E-state index is 13.4. The van der Waals surface area contributed by atoms with Gasteiger partial charge in [0, 0.05) is 11.7 Å². The summed E-state index contributed by atoms with van der Waals surface area (Å²) in [5.74, 6) is -1.88. The number of rotatable bonds is 7. The molecule has 0 bridgehead atoms. The Kier molecular flexibility index (Phi) is 6.86. The van der Waals surface area contributed by atoms with Gasteiger partial charge in [0.1, 0.15) is 0 Å². The number of aryl methyl sites for hydroxylation is 2. The van der Waals surface area contributed by atoms with Crippen molar-refractivity contribution in [1.29, 1.82) is 0 Å². The predicted octanol–water partition coefficient (Wildman–Crippen LogP) is 4.72. The van der Waals surface area contributed by atoms with E-state index in [0.717, 1.165) is 35.7 Å². The van der Waals surface area contributed by atoms with Crippen LogP contribution in [0.25, 0.3) is 0 Å². The predicted molar refractivity (Wildman–Crippen MR) is 101 cm³/mol. The number of hydrogen-bond acceptors (Lipinski definition) is 2. The summed E-state index contributed by atoms with van der Waals surface area (Å²) in [5, 5.41) is 3.02. The van der Waals surface area contributed by atoms with Crippen LogP contribution in [0.15, 0.2) is 36.4 Å². The zero-order valence-electron chi connectivity index (χ0n) is 15.8. The van der Waals surface area contributed by atoms with Crippen LogP contribution in [-0.4, -0.2) is 24.4 Å². The number of hydrogen-bond donors (Lipinski definition) is 1. The fraction of sp³-hybridized carbons (Fsp3) is 0.381. The molecule has 0 radical (unpaired) electrons. The highest BCUT2D eigenvalue weighted by Gasteiger charge is 2.18. The highest BCUT2D eigenvalue weighted by Crippen LogP contribution is 2.24. The van der Waals surface area contributed by atoms with Gasteiger partial charge in [-0.15, -0.1) is 0 Å². The summed E-state index contributed by atoms with van der Waals surface area (Å²) in [6, 6.07) is 9.65. The number of para-hydroxylation sites is 1. The van der Waals surface area contributed by atoms with E-state index in [2.05, 4.69) is 19.2 Å². The van der Waals surface area contributed by atoms with E-state index in [1.54, 1.807) is 13.1 Å². The number of likely N-dealkylation sites (N-methyl/N-ethyl adjacent to an activating group) is 1. The van der Waals surface area contributed by atoms with Crippen molar-refractivity contribution >= 4 is 11.6 Å². The Morgan fingerprint density at radius 2 is 1.69 bits per heavy atom. The highest BCUT2D eigenvalue weighted by atomic mass is 19.2. The van der Waals surface area contributed by atoms with E-state index in [9.17, 15) is 13.6 Å². The van der Waals surface area contributed by atoms with Crippen LogP contribution < -0.4 is 5.32 Å². The van der Waals surface area contributed by atoms with Gasteiger partial charge in [0.25, 0.3) is 0 Å². The number of carbonyl (C=O) groups excluding carboxylic acids is 1. The van der Waals surface area contributed by atoms with Gasteiger partial charge < -0.3 is 5.32 Å². The lowest BCUT2D eigenvalue weighted by atomic mass is 10.0. The molecule has 26 heavy (non-hydrogen) atoms. The third-order valence-electron chi connectivity index (χ3n) is 4.74. The molecule has 0 saturated carbocycles. The van der Waals surface area contributed by atoms with E-state index in [1.807, 2.05) is 30.0 Å². The van der Waals surface area contributed by atoms with Crippen molar-refractivity contribution in [2.75, 3.05) is 18.9 Å². The number of anilines is 1. The molecule has 140 valence electrons. The third kappa shape index (κ3) is 4.67. The molecule has 1 N–H and O–H groups in total. The van der Waals surface area contributed by atoms with Crippen LogP contribution in [0.1, 0.15) is 43.5 Å². The monoisotopic (exact) mass is 360 g/mol. The number of carbonyl (C=O) groups is 1. The number of halogens is 2. The van der Waals surface area contributed by atoms with Crippen LogP contribution in [0.4, 0.5) is 14.5 Å². The van der Waals surface area contributed by atoms with Crippen molar-refractivity contribution in [2.24, 2.45) is 0 Å². The molecule has 0 spiro atoms. The maximum Gasteiger partial charge on any atom is 0.238 e. The number of benzene rings is 2. The molecule has 1 atom stereocenters. The van der Waals surface area contributed by atoms with Crippen LogP contribution in [-0.2, 0) is 17.6 Å². The molecule has 0 fully saturated rings. The Balaban J connectivity index is 2.08. The van der Waals surface area contributed by atoms with Gasteiger partial charge in [0.15, 0.2) is 11.6 Å². The van der Waals surface area contributed by atoms with E-state index in [0.29, 0.717) is 5.56 Å². The van der Waals surface area contributed by atoms with Crippen LogP contribution in [0, 0.1) is 11.6 Å². The van der Waals surface area contributed by atoms with Crippen molar-refractivity contribution in [3.63, 3.8) is 0 Å². The molecule has 0 aromatic heterocycles. The summed E-state index contributed by atoms with van der Waals surface area (Å²) in [6.45, 7) is 6.13. The number of nitrogens with one attached hydrogen (secondary N) is 1. The minimum Gasteiger partial charge on any atom is -0.324 e. The first kappa shape index (κ1) is 20.0. The second-order valence-corrected chi connectivity index (χ2v) is 6.47. The Morgan fingerprint density at radius 3 is 2.23 bits per heavy atom. The molecule has 0 aliphatic heterocycles. The molecule has 0 heterocycles. The van der Waals surface area contributed by atoms with Crippen LogP contribution in [0.2, 0.25) is 0 Å². The quantitative estimate of drug-likeness (QED) is 0.775. The fourth-order valence-electron chi connectivity index (χ4n) is 2.97. The topological polar surface area (TPSA) is 32.3 Å². The van der Waals surface area contributed by atoms with Gasteiger partial charge in [-0.1, -0.05) is 38.1 Å². The van der Waals surface area contributed by atoms with Gasteiger partial charge in [-0.2, -0.15) is 0 Å². The van der Waals surface area contributed by atoms with Gasteiger partial charge in [0.2, 0.25) is 5.91 Å². The molecule has 2 aromatic carbocycles. The fourth-order valence-corrected chi connectivity index (χ4v) is 2.97. The van der Waals surface area contributed by atoms with Crippen LogP contribution in [0.5, 0.6) is 0 Å². The molecule has 0 aliphatic rings. The Hall–Kier alpha value is -2.27. The lowest BCUT2D eigenvalue weighted by molar-refractivity contribution is -0.117. The first-order valence-electron chi connectivity index (χ1n) is 8.93. The van der Waals surface area contributed by atoms with E-state index in [-0.39, 0.29) is 18.5 Å². The first-order chi connectivity index (χ1) is 12.4. The number of amides is 1. The second-order valence-electron chi connectivity index (χ2n) is 6.47. The van der Waals surface area contributed by atoms with Crippen molar-refractivity contribution < 1.29 is 13.6 Å². The SMILES string of the molecule is CCc1cccc(CC)c1NC(=O)CN(C)C(C)c1ccc(F)c(F)c1. The van der Waals surface area contributed by atoms with Gasteiger partial charge in [-0.25, -0.2) is 8.78 Å². The molecule has 5 heteroatoms. The Bertz CT molecular complexity index is 754. The summed E-state index contributed by atoms with van der Waals surface area (Å²) < 4.78 is 26.6. The van der Waals surface area contributed by atoms with Gasteiger partial charge in [0.05, 0.1) is 6.54 Å². The number of nitrogens with zero attached hydrogens (tertiary/aromatic N) is 1. The zero-order chi connectivity index (χ0) is 19.3. The van der Waals surface area contributed by atoms with Gasteiger partial charge in [-0.3, -0.25) is 9.69 Å². The second kappa shape index (κ2) is 8.90. The van der Waals surface area contributed by atoms with E-state index in [4.69, 9.17) is 0 Å². The van der Waals surface area contributed by atoms with Crippen molar-refractivity contribution in [2.45, 2.75) is 39.7 Å². The molecule has 2 rings (SSSR count). The summed E-state index contributed by atoms with van der Waals surface area (Å²) in [4.78, 5) is 14.3. The molecule has 1 amide bonds. The molecule has 3 nitrogen and oxygen atoms in total. The van der Waals surface area contributed by atoms with E-state index < -0.39 is 11.6 Å². The smallest absolute Gasteiger partial charge is 0.238 e. The van der Waals surface area contributed by atoms with Gasteiger partial charge >= 0.3 is 0 Å². The largest absolute Gasteiger partial charge is 0.324 e. The summed E-state index contributed by atoms with van der Waals surface area (Å²) in [5.41, 5.74) is 3.72. The Morgan fingerprint density at radius 1 is 1.08 bits per heavy atom. The average molecular weight is 360 g/mol. The highest BCUT2D eigenvalue weighted by molar-refractivity contribution is 5.93. The van der Waals surface area contributed by atoms with Crippen LogP contribution >= 0.6 is 0 Å². The van der Waals surface area contributed by atoms with Crippen molar-refractivity contribution in [3.05, 3.63) is 64.7 Å². The minimum atomic E-state index is -0.878. The molecule has 2 aromatic rings. The zero-order valence-corrected chi connectivity index (χ0v) is 15.8. The molecule has 0 aliphatic carbocycles. The lowest BCUT2D eigenvalue weighted by Gasteiger charge is -2.25. The average Bonchev–Trinajstić information content (AvgIpc) is 2.63. The van der Waals surface area contributed by atoms with Crippen LogP contribution in [0.3, 0.4) is 0 Å². The van der Waals surface area contributed by atoms with Crippen molar-refractivity contribution in [1.82, 2.24) is 4.90 Å². The van der Waals surface area contributed by atoms with Gasteiger partial charge in [-0.05, 0) is 55.6 Å². The summed E-state index contributed by atoms with van der Waals surface area (Å²) in [6.07, 6.45) is 1.68. The summed E-state index contributed by atoms with van der Waals surface area (Å²) >= 11 is 0. The minimum absolute atomic E-state index is 0.127. The van der Waals surface area contributed by atoms with E-state index in [1.165, 1.54) is 6.07 Å². The van der Waals surface area contributed by atoms with E-state index >= 15 is 0 Å². The molecule has 1 unspecified atom stereocenters. The summed E-state index contributed by atoms with van der Waals surface area (Å²) in [7, 11) is 1.79. The standard InChI is InChI=1S/C21H26F2N2O/c1-5-15-8-7-9-16(6-2)21(15)24-20(26)13-25(4)14(3)17-10-11-18(22)19(23)12-17/h7-12,14H,5-6,13H2,1-4H3,(H,24,26). The molecule has 0 saturated heterocycles. The Labute approximate surface area is 154 Å². The molecular formula is C21H26F2N2O.